The minimum Gasteiger partial charge on any atom is -0.382 e. The van der Waals surface area contributed by atoms with Gasteiger partial charge in [-0.05, 0) is 74.0 Å². The number of amides is 1. The highest BCUT2D eigenvalue weighted by atomic mass is 35.5. The van der Waals surface area contributed by atoms with Crippen molar-refractivity contribution in [2.45, 2.75) is 45.1 Å². The first-order valence-corrected chi connectivity index (χ1v) is 11.0. The molecule has 158 valence electrons. The number of ketones is 1. The summed E-state index contributed by atoms with van der Waals surface area (Å²) >= 11 is 13.2. The fourth-order valence-electron chi connectivity index (χ4n) is 6.37. The highest BCUT2D eigenvalue weighted by Crippen LogP contribution is 2.61. The van der Waals surface area contributed by atoms with Crippen molar-refractivity contribution in [2.24, 2.45) is 28.9 Å². The van der Waals surface area contributed by atoms with Gasteiger partial charge in [0.2, 0.25) is 0 Å². The molecule has 4 aliphatic rings. The van der Waals surface area contributed by atoms with E-state index in [9.17, 15) is 9.59 Å². The molecular formula is C21H23Cl2N5O2. The van der Waals surface area contributed by atoms with Gasteiger partial charge >= 0.3 is 0 Å². The van der Waals surface area contributed by atoms with E-state index in [0.717, 1.165) is 19.3 Å². The molecule has 30 heavy (non-hydrogen) atoms. The fourth-order valence-corrected chi connectivity index (χ4v) is 7.08. The number of benzene rings is 1. The molecule has 7 nitrogen and oxygen atoms in total. The lowest BCUT2D eigenvalue weighted by Crippen LogP contribution is -2.50. The molecule has 0 unspecified atom stereocenters. The lowest BCUT2D eigenvalue weighted by molar-refractivity contribution is -0.0352. The number of rotatable bonds is 5. The molecule has 4 fully saturated rings. The van der Waals surface area contributed by atoms with Crippen LogP contribution in [0.15, 0.2) is 12.1 Å². The quantitative estimate of drug-likeness (QED) is 0.677. The Morgan fingerprint density at radius 2 is 1.60 bits per heavy atom. The number of Topliss-reactive ketones (excluding diaryl/α,β-unsaturated/α-hetero) is 1. The molecule has 1 aromatic carbocycles. The molecule has 4 N–H and O–H groups in total. The van der Waals surface area contributed by atoms with Crippen LogP contribution in [0.5, 0.6) is 0 Å². The first kappa shape index (κ1) is 19.8. The van der Waals surface area contributed by atoms with Crippen LogP contribution < -0.4 is 11.5 Å². The lowest BCUT2D eigenvalue weighted by Gasteiger charge is -2.56. The topological polar surface area (TPSA) is 117 Å². The number of nitrogens with two attached hydrogens (primary N) is 2. The Morgan fingerprint density at radius 3 is 2.07 bits per heavy atom. The Bertz CT molecular complexity index is 1010. The molecule has 0 spiro atoms. The van der Waals surface area contributed by atoms with Crippen molar-refractivity contribution < 1.29 is 9.59 Å². The predicted octanol–water partition coefficient (Wildman–Crippen LogP) is 3.71. The summed E-state index contributed by atoms with van der Waals surface area (Å²) in [6.07, 6.45) is 6.66. The van der Waals surface area contributed by atoms with Crippen LogP contribution >= 0.6 is 23.2 Å². The summed E-state index contributed by atoms with van der Waals surface area (Å²) in [6.45, 7) is 0.206. The van der Waals surface area contributed by atoms with Gasteiger partial charge in [-0.2, -0.15) is 0 Å². The summed E-state index contributed by atoms with van der Waals surface area (Å²) in [4.78, 5) is 25.0. The molecule has 0 radical (unpaired) electrons. The van der Waals surface area contributed by atoms with E-state index >= 15 is 0 Å². The summed E-state index contributed by atoms with van der Waals surface area (Å²) in [5, 5.41) is 8.24. The number of carbonyl (C=O) groups excluding carboxylic acids is 2. The van der Waals surface area contributed by atoms with Crippen molar-refractivity contribution in [1.82, 2.24) is 15.0 Å². The van der Waals surface area contributed by atoms with Crippen LogP contribution in [-0.4, -0.2) is 26.7 Å². The van der Waals surface area contributed by atoms with Crippen LogP contribution in [0.2, 0.25) is 10.0 Å². The minimum atomic E-state index is -0.744. The zero-order valence-corrected chi connectivity index (χ0v) is 17.9. The first-order chi connectivity index (χ1) is 14.3. The van der Waals surface area contributed by atoms with Crippen molar-refractivity contribution >= 4 is 40.7 Å². The number of carbonyl (C=O) groups is 2. The van der Waals surface area contributed by atoms with E-state index in [1.165, 1.54) is 23.9 Å². The SMILES string of the molecule is NC(=O)c1nnn(Cc2cc(Cl)c(C(=O)C34CC5CC(CC(C5)C3)C4)c(Cl)c2)c1N. The van der Waals surface area contributed by atoms with E-state index in [1.54, 1.807) is 12.1 Å². The third-order valence-corrected chi connectivity index (χ3v) is 7.78. The van der Waals surface area contributed by atoms with E-state index in [1.807, 2.05) is 0 Å². The Kier molecular flexibility index (Phi) is 4.59. The second-order valence-electron chi connectivity index (χ2n) is 9.31. The van der Waals surface area contributed by atoms with Gasteiger partial charge in [0, 0.05) is 5.41 Å². The van der Waals surface area contributed by atoms with Crippen LogP contribution in [0.3, 0.4) is 0 Å². The normalized spacial score (nSPS) is 29.3. The fraction of sp³-hybridized carbons (Fsp3) is 0.524. The Hall–Kier alpha value is -2.12. The third-order valence-electron chi connectivity index (χ3n) is 7.19. The van der Waals surface area contributed by atoms with E-state index in [4.69, 9.17) is 34.7 Å². The van der Waals surface area contributed by atoms with Gasteiger partial charge < -0.3 is 11.5 Å². The maximum Gasteiger partial charge on any atom is 0.273 e. The van der Waals surface area contributed by atoms with Gasteiger partial charge in [-0.25, -0.2) is 4.68 Å². The van der Waals surface area contributed by atoms with Crippen molar-refractivity contribution in [3.05, 3.63) is 39.0 Å². The largest absolute Gasteiger partial charge is 0.382 e. The van der Waals surface area contributed by atoms with Gasteiger partial charge in [0.1, 0.15) is 0 Å². The van der Waals surface area contributed by atoms with Gasteiger partial charge in [-0.3, -0.25) is 9.59 Å². The van der Waals surface area contributed by atoms with Crippen molar-refractivity contribution in [2.75, 3.05) is 5.73 Å². The molecule has 1 aromatic heterocycles. The zero-order chi connectivity index (χ0) is 21.2. The number of halogens is 2. The number of primary amides is 1. The number of anilines is 1. The van der Waals surface area contributed by atoms with Crippen molar-refractivity contribution in [1.29, 1.82) is 0 Å². The molecule has 2 aromatic rings. The van der Waals surface area contributed by atoms with Crippen molar-refractivity contribution in [3.63, 3.8) is 0 Å². The van der Waals surface area contributed by atoms with Crippen molar-refractivity contribution in [3.8, 4) is 0 Å². The van der Waals surface area contributed by atoms with Gasteiger partial charge in [-0.1, -0.05) is 28.4 Å². The maximum absolute atomic E-state index is 13.7. The van der Waals surface area contributed by atoms with Crippen LogP contribution in [-0.2, 0) is 6.54 Å². The average Bonchev–Trinajstić information content (AvgIpc) is 3.00. The molecule has 4 aliphatic carbocycles. The number of hydrogen-bond donors (Lipinski definition) is 2. The second-order valence-corrected chi connectivity index (χ2v) is 10.1. The Morgan fingerprint density at radius 1 is 1.07 bits per heavy atom. The smallest absolute Gasteiger partial charge is 0.273 e. The van der Waals surface area contributed by atoms with E-state index in [2.05, 4.69) is 10.3 Å². The Balaban J connectivity index is 1.44. The highest BCUT2D eigenvalue weighted by molar-refractivity contribution is 6.40. The molecule has 0 saturated heterocycles. The molecule has 1 amide bonds. The summed E-state index contributed by atoms with van der Waals surface area (Å²) in [6, 6.07) is 3.43. The molecule has 6 rings (SSSR count). The van der Waals surface area contributed by atoms with Gasteiger partial charge in [0.05, 0.1) is 22.2 Å². The highest BCUT2D eigenvalue weighted by Gasteiger charge is 2.55. The minimum absolute atomic E-state index is 0.0727. The molecule has 4 bridgehead atoms. The standard InChI is InChI=1S/C21H23Cl2N5O2/c22-14-4-13(9-28-19(24)17(20(25)30)26-27-28)5-15(23)16(14)18(29)21-6-10-1-11(7-21)3-12(2-10)8-21/h4-5,10-12H,1-3,6-9,24H2,(H2,25,30). The second kappa shape index (κ2) is 6.95. The summed E-state index contributed by atoms with van der Waals surface area (Å²) in [5.74, 6) is 1.40. The predicted molar refractivity (Wildman–Crippen MR) is 113 cm³/mol. The number of hydrogen-bond acceptors (Lipinski definition) is 5. The molecule has 9 heteroatoms. The summed E-state index contributed by atoms with van der Waals surface area (Å²) < 4.78 is 1.35. The van der Waals surface area contributed by atoms with Crippen LogP contribution in [0.4, 0.5) is 5.82 Å². The zero-order valence-electron chi connectivity index (χ0n) is 16.4. The van der Waals surface area contributed by atoms with E-state index < -0.39 is 5.91 Å². The number of nitrogens with zero attached hydrogens (tertiary/aromatic N) is 3. The number of aromatic nitrogens is 3. The van der Waals surface area contributed by atoms with Gasteiger partial charge in [0.25, 0.3) is 5.91 Å². The van der Waals surface area contributed by atoms with Crippen LogP contribution in [0.1, 0.15) is 64.9 Å². The maximum atomic E-state index is 13.7. The van der Waals surface area contributed by atoms with Gasteiger partial charge in [-0.15, -0.1) is 5.10 Å². The molecule has 1 heterocycles. The third kappa shape index (κ3) is 3.10. The van der Waals surface area contributed by atoms with Gasteiger partial charge in [0.15, 0.2) is 17.3 Å². The lowest BCUT2D eigenvalue weighted by atomic mass is 9.48. The molecule has 0 aliphatic heterocycles. The monoisotopic (exact) mass is 447 g/mol. The number of nitrogen functional groups attached to an aromatic ring is 1. The van der Waals surface area contributed by atoms with Crippen LogP contribution in [0.25, 0.3) is 0 Å². The average molecular weight is 448 g/mol. The molecule has 0 atom stereocenters. The molecular weight excluding hydrogens is 425 g/mol. The summed E-state index contributed by atoms with van der Waals surface area (Å²) in [7, 11) is 0. The van der Waals surface area contributed by atoms with Crippen LogP contribution in [0, 0.1) is 23.2 Å². The van der Waals surface area contributed by atoms with E-state index in [-0.39, 0.29) is 29.3 Å². The Labute approximate surface area is 184 Å². The summed E-state index contributed by atoms with van der Waals surface area (Å²) in [5.41, 5.74) is 11.9. The molecule has 4 saturated carbocycles. The van der Waals surface area contributed by atoms with E-state index in [0.29, 0.717) is 38.9 Å². The first-order valence-electron chi connectivity index (χ1n) is 10.3.